The number of aromatic amines is 1. The van der Waals surface area contributed by atoms with E-state index in [4.69, 9.17) is 0 Å². The van der Waals surface area contributed by atoms with Crippen LogP contribution >= 0.6 is 0 Å². The van der Waals surface area contributed by atoms with E-state index in [1.165, 1.54) is 14.2 Å². The molecule has 6 nitrogen and oxygen atoms in total. The van der Waals surface area contributed by atoms with E-state index in [1.54, 1.807) is 20.3 Å². The number of nitrogens with zero attached hydrogens (tertiary/aromatic N) is 3. The molecule has 0 fully saturated rings. The molecular formula is C18H20N4O2S. The first-order valence-electron chi connectivity index (χ1n) is 8.20. The second-order valence-electron chi connectivity index (χ2n) is 6.37. The molecule has 0 bridgehead atoms. The molecular weight excluding hydrogens is 336 g/mol. The summed E-state index contributed by atoms with van der Waals surface area (Å²) in [5, 5.41) is 1.15. The van der Waals surface area contributed by atoms with Gasteiger partial charge in [0.15, 0.2) is 0 Å². The summed E-state index contributed by atoms with van der Waals surface area (Å²) in [4.78, 5) is 7.89. The summed E-state index contributed by atoms with van der Waals surface area (Å²) in [5.74, 6) is 0. The van der Waals surface area contributed by atoms with Crippen LogP contribution in [0.15, 0.2) is 48.7 Å². The molecule has 130 valence electrons. The summed E-state index contributed by atoms with van der Waals surface area (Å²) < 4.78 is 28.6. The number of rotatable bonds is 3. The number of hydrogen-bond acceptors (Lipinski definition) is 3. The van der Waals surface area contributed by atoms with Crippen LogP contribution < -0.4 is 0 Å². The zero-order chi connectivity index (χ0) is 17.6. The maximum absolute atomic E-state index is 12.9. The lowest BCUT2D eigenvalue weighted by atomic mass is 9.97. The fourth-order valence-corrected chi connectivity index (χ4v) is 4.73. The van der Waals surface area contributed by atoms with Crippen molar-refractivity contribution < 1.29 is 8.42 Å². The normalized spacial score (nSPS) is 18.6. The van der Waals surface area contributed by atoms with Crippen molar-refractivity contribution >= 4 is 21.1 Å². The average molecular weight is 356 g/mol. The number of hydrogen-bond donors (Lipinski definition) is 1. The second kappa shape index (κ2) is 5.94. The first-order chi connectivity index (χ1) is 12.0. The molecule has 1 aromatic carbocycles. The minimum atomic E-state index is -3.57. The fourth-order valence-electron chi connectivity index (χ4n) is 3.51. The van der Waals surface area contributed by atoms with Crippen molar-refractivity contribution in [1.29, 1.82) is 0 Å². The lowest BCUT2D eigenvalue weighted by Gasteiger charge is -2.35. The van der Waals surface area contributed by atoms with Gasteiger partial charge in [0.1, 0.15) is 6.04 Å². The maximum Gasteiger partial charge on any atom is 0.282 e. The van der Waals surface area contributed by atoms with Crippen molar-refractivity contribution in [2.45, 2.75) is 12.5 Å². The Kier molecular flexibility index (Phi) is 3.87. The van der Waals surface area contributed by atoms with Crippen LogP contribution in [-0.2, 0) is 16.6 Å². The summed E-state index contributed by atoms with van der Waals surface area (Å²) >= 11 is 0. The molecule has 0 saturated carbocycles. The fraction of sp³-hybridized carbons (Fsp3) is 0.278. The van der Waals surface area contributed by atoms with Crippen LogP contribution in [0.5, 0.6) is 0 Å². The quantitative estimate of drug-likeness (QED) is 0.783. The highest BCUT2D eigenvalue weighted by Gasteiger charge is 2.40. The third-order valence-corrected chi connectivity index (χ3v) is 6.62. The Bertz CT molecular complexity index is 1010. The highest BCUT2D eigenvalue weighted by Crippen LogP contribution is 2.39. The number of nitrogens with one attached hydrogen (secondary N) is 1. The lowest BCUT2D eigenvalue weighted by molar-refractivity contribution is 0.312. The molecule has 0 spiro atoms. The molecule has 1 N–H and O–H groups in total. The molecule has 7 heteroatoms. The summed E-state index contributed by atoms with van der Waals surface area (Å²) in [6.45, 7) is 0.427. The minimum Gasteiger partial charge on any atom is -0.356 e. The molecule has 0 amide bonds. The van der Waals surface area contributed by atoms with Gasteiger partial charge in [-0.3, -0.25) is 4.98 Å². The number of para-hydroxylation sites is 1. The predicted molar refractivity (Wildman–Crippen MR) is 97.4 cm³/mol. The van der Waals surface area contributed by atoms with Gasteiger partial charge in [-0.25, -0.2) is 0 Å². The molecule has 25 heavy (non-hydrogen) atoms. The lowest BCUT2D eigenvalue weighted by Crippen LogP contribution is -2.46. The highest BCUT2D eigenvalue weighted by molar-refractivity contribution is 7.86. The SMILES string of the molecule is CN(C)S(=O)(=O)N1CCc2c([nH]c3ccccc23)C1c1ccccn1. The Morgan fingerprint density at radius 3 is 2.64 bits per heavy atom. The van der Waals surface area contributed by atoms with E-state index < -0.39 is 16.3 Å². The predicted octanol–water partition coefficient (Wildman–Crippen LogP) is 2.32. The van der Waals surface area contributed by atoms with E-state index in [0.717, 1.165) is 22.3 Å². The smallest absolute Gasteiger partial charge is 0.282 e. The molecule has 1 aliphatic heterocycles. The molecule has 2 aromatic heterocycles. The molecule has 4 rings (SSSR count). The van der Waals surface area contributed by atoms with Crippen LogP contribution in [0.2, 0.25) is 0 Å². The monoisotopic (exact) mass is 356 g/mol. The summed E-state index contributed by atoms with van der Waals surface area (Å²) in [6, 6.07) is 13.2. The van der Waals surface area contributed by atoms with Gasteiger partial charge in [-0.15, -0.1) is 0 Å². The molecule has 3 aromatic rings. The van der Waals surface area contributed by atoms with E-state index in [9.17, 15) is 8.42 Å². The molecule has 0 radical (unpaired) electrons. The zero-order valence-electron chi connectivity index (χ0n) is 14.2. The van der Waals surface area contributed by atoms with Crippen molar-refractivity contribution in [2.24, 2.45) is 0 Å². The van der Waals surface area contributed by atoms with E-state index >= 15 is 0 Å². The number of aromatic nitrogens is 2. The highest BCUT2D eigenvalue weighted by atomic mass is 32.2. The van der Waals surface area contributed by atoms with Crippen LogP contribution in [-0.4, -0.2) is 47.6 Å². The van der Waals surface area contributed by atoms with Crippen molar-refractivity contribution in [3.8, 4) is 0 Å². The van der Waals surface area contributed by atoms with Gasteiger partial charge in [-0.1, -0.05) is 24.3 Å². The van der Waals surface area contributed by atoms with Crippen LogP contribution in [0.3, 0.4) is 0 Å². The first-order valence-corrected chi connectivity index (χ1v) is 9.59. The van der Waals surface area contributed by atoms with Crippen LogP contribution in [0, 0.1) is 0 Å². The molecule has 1 atom stereocenters. The summed E-state index contributed by atoms with van der Waals surface area (Å²) in [5.41, 5.74) is 3.84. The summed E-state index contributed by atoms with van der Waals surface area (Å²) in [6.07, 6.45) is 2.38. The topological polar surface area (TPSA) is 69.3 Å². The van der Waals surface area contributed by atoms with Crippen LogP contribution in [0.25, 0.3) is 10.9 Å². The number of benzene rings is 1. The number of H-pyrrole nitrogens is 1. The van der Waals surface area contributed by atoms with Gasteiger partial charge >= 0.3 is 0 Å². The molecule has 3 heterocycles. The van der Waals surface area contributed by atoms with E-state index in [0.29, 0.717) is 13.0 Å². The third-order valence-electron chi connectivity index (χ3n) is 4.72. The van der Waals surface area contributed by atoms with Gasteiger partial charge in [0.25, 0.3) is 10.2 Å². The number of fused-ring (bicyclic) bond motifs is 3. The first kappa shape index (κ1) is 16.3. The third kappa shape index (κ3) is 2.55. The number of pyridine rings is 1. The summed E-state index contributed by atoms with van der Waals surface area (Å²) in [7, 11) is -0.449. The van der Waals surface area contributed by atoms with Gasteiger partial charge in [0.05, 0.1) is 5.69 Å². The Morgan fingerprint density at radius 1 is 1.16 bits per heavy atom. The Labute approximate surface area is 147 Å². The van der Waals surface area contributed by atoms with Crippen LogP contribution in [0.4, 0.5) is 0 Å². The van der Waals surface area contributed by atoms with Crippen LogP contribution in [0.1, 0.15) is 23.0 Å². The van der Waals surface area contributed by atoms with E-state index in [-0.39, 0.29) is 0 Å². The van der Waals surface area contributed by atoms with Gasteiger partial charge in [0, 0.05) is 43.4 Å². The van der Waals surface area contributed by atoms with Gasteiger partial charge < -0.3 is 4.98 Å². The van der Waals surface area contributed by atoms with Gasteiger partial charge in [-0.05, 0) is 30.2 Å². The largest absolute Gasteiger partial charge is 0.356 e. The standard InChI is InChI=1S/C18H20N4O2S/c1-21(2)25(23,24)22-12-10-14-13-7-3-4-8-15(13)20-17(14)18(22)16-9-5-6-11-19-16/h3-9,11,18,20H,10,12H2,1-2H3. The van der Waals surface area contributed by atoms with Crippen molar-refractivity contribution in [3.05, 3.63) is 65.6 Å². The second-order valence-corrected chi connectivity index (χ2v) is 8.47. The Balaban J connectivity index is 1.95. The van der Waals surface area contributed by atoms with E-state index in [1.807, 2.05) is 36.4 Å². The van der Waals surface area contributed by atoms with Gasteiger partial charge in [-0.2, -0.15) is 17.0 Å². The molecule has 1 aliphatic rings. The Hall–Kier alpha value is -2.22. The molecule has 0 saturated heterocycles. The van der Waals surface area contributed by atoms with Crippen molar-refractivity contribution in [2.75, 3.05) is 20.6 Å². The molecule has 1 unspecified atom stereocenters. The maximum atomic E-state index is 12.9. The van der Waals surface area contributed by atoms with Gasteiger partial charge in [0.2, 0.25) is 0 Å². The minimum absolute atomic E-state index is 0.427. The molecule has 0 aliphatic carbocycles. The van der Waals surface area contributed by atoms with Crippen molar-refractivity contribution in [3.63, 3.8) is 0 Å². The average Bonchev–Trinajstić information content (AvgIpc) is 3.00. The van der Waals surface area contributed by atoms with E-state index in [2.05, 4.69) is 16.0 Å². The Morgan fingerprint density at radius 2 is 1.92 bits per heavy atom. The van der Waals surface area contributed by atoms with Crippen molar-refractivity contribution in [1.82, 2.24) is 18.6 Å². The zero-order valence-corrected chi connectivity index (χ0v) is 15.0.